The van der Waals surface area contributed by atoms with E-state index in [1.54, 1.807) is 55.4 Å². The van der Waals surface area contributed by atoms with Gasteiger partial charge in [-0.05, 0) is 105 Å². The van der Waals surface area contributed by atoms with E-state index >= 15 is 0 Å². The highest BCUT2D eigenvalue weighted by atomic mass is 19.1. The number of anilines is 3. The van der Waals surface area contributed by atoms with Gasteiger partial charge in [-0.25, -0.2) is 23.1 Å². The van der Waals surface area contributed by atoms with Crippen LogP contribution in [0.25, 0.3) is 22.2 Å². The Kier molecular flexibility index (Phi) is 18.2. The van der Waals surface area contributed by atoms with E-state index in [0.717, 1.165) is 78.5 Å². The van der Waals surface area contributed by atoms with Gasteiger partial charge in [0, 0.05) is 142 Å². The number of rotatable bonds is 17. The Morgan fingerprint density at radius 3 is 1.37 bits per heavy atom. The third-order valence-electron chi connectivity index (χ3n) is 18.3. The van der Waals surface area contributed by atoms with E-state index < -0.39 is 0 Å². The molecular weight excluding hydrogens is 1150 g/mol. The lowest BCUT2D eigenvalue weighted by molar-refractivity contribution is -0.138. The number of carbonyl (C=O) groups excluding carboxylic acids is 3. The van der Waals surface area contributed by atoms with Crippen LogP contribution in [0.5, 0.6) is 0 Å². The van der Waals surface area contributed by atoms with Crippen molar-refractivity contribution in [2.75, 3.05) is 80.4 Å². The van der Waals surface area contributed by atoms with Crippen LogP contribution in [0.1, 0.15) is 61.9 Å². The van der Waals surface area contributed by atoms with Gasteiger partial charge in [-0.3, -0.25) is 34.3 Å². The van der Waals surface area contributed by atoms with Crippen LogP contribution in [0.2, 0.25) is 0 Å². The molecule has 466 valence electrons. The fraction of sp³-hybridized carbons (Fsp3) is 0.388. The first kappa shape index (κ1) is 59.9. The number of carbonyl (C=O) groups is 3. The fourth-order valence-electron chi connectivity index (χ4n) is 14.1. The molecule has 6 bridgehead atoms. The summed E-state index contributed by atoms with van der Waals surface area (Å²) in [5.74, 6) is -0.814. The number of amides is 3. The van der Waals surface area contributed by atoms with Crippen LogP contribution < -0.4 is 14.7 Å². The van der Waals surface area contributed by atoms with Gasteiger partial charge in [0.25, 0.3) is 0 Å². The number of halogens is 3. The lowest BCUT2D eigenvalue weighted by Crippen LogP contribution is -2.56. The third-order valence-corrected chi connectivity index (χ3v) is 18.3. The van der Waals surface area contributed by atoms with Gasteiger partial charge in [0.05, 0.1) is 74.0 Å². The number of ether oxygens (including phenoxy) is 3. The summed E-state index contributed by atoms with van der Waals surface area (Å²) in [5.41, 5.74) is 7.61. The van der Waals surface area contributed by atoms with Gasteiger partial charge >= 0.3 is 0 Å². The highest BCUT2D eigenvalue weighted by molar-refractivity contribution is 5.82. The van der Waals surface area contributed by atoms with Gasteiger partial charge in [0.15, 0.2) is 17.5 Å². The number of benzene rings is 1. The maximum atomic E-state index is 14.2. The van der Waals surface area contributed by atoms with E-state index in [1.807, 2.05) is 90.5 Å². The second kappa shape index (κ2) is 27.4. The summed E-state index contributed by atoms with van der Waals surface area (Å²) in [5, 5.41) is 1.12. The topological polar surface area (TPSA) is 184 Å². The molecule has 6 saturated heterocycles. The predicted octanol–water partition coefficient (Wildman–Crippen LogP) is 8.13. The van der Waals surface area contributed by atoms with E-state index in [0.29, 0.717) is 89.2 Å². The molecule has 1 aromatic carbocycles. The Bertz CT molecular complexity index is 3940. The molecule has 6 fully saturated rings. The van der Waals surface area contributed by atoms with Crippen LogP contribution in [0.4, 0.5) is 30.2 Å². The first-order chi connectivity index (χ1) is 44.1. The standard InChI is InChI=1S/C24H25FN4O2.C22H24FN5O2.C21H22FN5O2/c25-21-13-26-11-8-23(21)29-18-6-7-19(29)15-28(14-18)24(30)16-31-12-9-17-3-1-5-22-20(17)4-2-10-27-22;23-19-12-24-8-6-20(19)28-16-4-5-17(28)14-26(13-16)22(29)7-11-30-15-18-2-1-3-21-25-9-10-27(18)21;22-18-10-23-7-6-19(18)27-15-4-5-16(27)12-25(11-15)21(28)14-29-13-17-2-1-3-20-24-8-9-26(17)20/h1-5,8,10-11,13,18-19H,6-7,9,12,14-16H2;1-3,6,8-10,12,16-17H,4-5,7,11,13-15H2;1-3,6-10,15-16H,4-5,11-14H2. The van der Waals surface area contributed by atoms with Crippen molar-refractivity contribution >= 4 is 57.0 Å². The minimum atomic E-state index is -0.304. The molecule has 0 saturated carbocycles. The Labute approximate surface area is 518 Å². The normalized spacial score (nSPS) is 20.8. The van der Waals surface area contributed by atoms with Crippen LogP contribution in [-0.4, -0.2) is 173 Å². The molecule has 8 aromatic heterocycles. The Morgan fingerprint density at radius 2 is 0.889 bits per heavy atom. The van der Waals surface area contributed by atoms with Crippen LogP contribution in [0.15, 0.2) is 153 Å². The van der Waals surface area contributed by atoms with Crippen molar-refractivity contribution in [3.8, 4) is 0 Å². The molecule has 0 aliphatic carbocycles. The second-order valence-corrected chi connectivity index (χ2v) is 23.7. The number of aromatic nitrogens is 8. The molecule has 15 rings (SSSR count). The number of hydrogen-bond acceptors (Lipinski definition) is 15. The maximum absolute atomic E-state index is 14.2. The summed E-state index contributed by atoms with van der Waals surface area (Å²) < 4.78 is 63.8. The zero-order chi connectivity index (χ0) is 61.5. The molecule has 0 spiro atoms. The van der Waals surface area contributed by atoms with Crippen molar-refractivity contribution in [3.05, 3.63) is 187 Å². The fourth-order valence-corrected chi connectivity index (χ4v) is 14.1. The largest absolute Gasteiger partial charge is 0.375 e. The molecule has 9 aromatic rings. The monoisotopic (exact) mass is 1220 g/mol. The molecule has 14 heterocycles. The summed E-state index contributed by atoms with van der Waals surface area (Å²) in [6, 6.07) is 27.8. The lowest BCUT2D eigenvalue weighted by atomic mass is 10.1. The first-order valence-corrected chi connectivity index (χ1v) is 31.0. The third kappa shape index (κ3) is 13.0. The number of nitrogens with zero attached hydrogens (tertiary/aromatic N) is 14. The summed E-state index contributed by atoms with van der Waals surface area (Å²) in [4.78, 5) is 74.7. The number of imidazole rings is 2. The van der Waals surface area contributed by atoms with Crippen LogP contribution in [0, 0.1) is 17.5 Å². The molecule has 6 atom stereocenters. The van der Waals surface area contributed by atoms with Gasteiger partial charge < -0.3 is 52.4 Å². The van der Waals surface area contributed by atoms with Crippen molar-refractivity contribution in [2.24, 2.45) is 0 Å². The number of piperazine rings is 3. The van der Waals surface area contributed by atoms with E-state index in [9.17, 15) is 27.6 Å². The number of likely N-dealkylation sites (tertiary alicyclic amines) is 3. The zero-order valence-electron chi connectivity index (χ0n) is 49.9. The molecule has 3 amide bonds. The smallest absolute Gasteiger partial charge is 0.248 e. The van der Waals surface area contributed by atoms with Crippen LogP contribution >= 0.6 is 0 Å². The Balaban J connectivity index is 0.000000124. The Morgan fingerprint density at radius 1 is 0.444 bits per heavy atom. The highest BCUT2D eigenvalue weighted by Gasteiger charge is 2.45. The SMILES string of the molecule is O=C(CCOCc1cccc2nccn12)N1CC2CCC(C1)N2c1ccncc1F.O=C(COCCc1cccc2ncccc12)N1CC2CCC(C1)N2c1ccncc1F.O=C(COCc1cccc2nccn12)N1CC2CCC(C1)N2c1ccncc1F. The predicted molar refractivity (Wildman–Crippen MR) is 331 cm³/mol. The van der Waals surface area contributed by atoms with Crippen LogP contribution in [0.3, 0.4) is 0 Å². The number of pyridine rings is 6. The van der Waals surface area contributed by atoms with Crippen molar-refractivity contribution in [2.45, 2.75) is 101 Å². The molecule has 0 N–H and O–H groups in total. The lowest BCUT2D eigenvalue weighted by Gasteiger charge is -2.42. The highest BCUT2D eigenvalue weighted by Crippen LogP contribution is 2.39. The summed E-state index contributed by atoms with van der Waals surface area (Å²) in [6.07, 6.45) is 24.6. The number of hydrogen-bond donors (Lipinski definition) is 0. The summed E-state index contributed by atoms with van der Waals surface area (Å²) in [6.45, 7) is 5.40. The summed E-state index contributed by atoms with van der Waals surface area (Å²) in [7, 11) is 0. The van der Waals surface area contributed by atoms with Gasteiger partial charge in [0.2, 0.25) is 17.7 Å². The van der Waals surface area contributed by atoms with E-state index in [-0.39, 0.29) is 84.6 Å². The minimum absolute atomic E-state index is 0.00587. The van der Waals surface area contributed by atoms with E-state index in [1.165, 1.54) is 24.2 Å². The van der Waals surface area contributed by atoms with Crippen molar-refractivity contribution in [1.82, 2.24) is 53.4 Å². The van der Waals surface area contributed by atoms with Crippen molar-refractivity contribution < 1.29 is 41.8 Å². The molecule has 6 aliphatic heterocycles. The van der Waals surface area contributed by atoms with Gasteiger partial charge in [-0.2, -0.15) is 0 Å². The molecule has 0 radical (unpaired) electrons. The number of fused-ring (bicyclic) bond motifs is 9. The molecule has 20 nitrogen and oxygen atoms in total. The van der Waals surface area contributed by atoms with Crippen molar-refractivity contribution in [1.29, 1.82) is 0 Å². The second-order valence-electron chi connectivity index (χ2n) is 23.7. The van der Waals surface area contributed by atoms with E-state index in [4.69, 9.17) is 14.2 Å². The molecule has 90 heavy (non-hydrogen) atoms. The maximum Gasteiger partial charge on any atom is 0.248 e. The average molecular weight is 1230 g/mol. The molecule has 23 heteroatoms. The summed E-state index contributed by atoms with van der Waals surface area (Å²) >= 11 is 0. The minimum Gasteiger partial charge on any atom is -0.375 e. The van der Waals surface area contributed by atoms with Gasteiger partial charge in [-0.1, -0.05) is 30.3 Å². The Hall–Kier alpha value is -9.06. The first-order valence-electron chi connectivity index (χ1n) is 31.0. The zero-order valence-corrected chi connectivity index (χ0v) is 49.9. The molecule has 6 aliphatic rings. The molecular formula is C67H71F3N14O6. The van der Waals surface area contributed by atoms with Crippen molar-refractivity contribution in [3.63, 3.8) is 0 Å². The average Bonchev–Trinajstić information content (AvgIpc) is 1.80. The molecule has 6 unspecified atom stereocenters. The quantitative estimate of drug-likeness (QED) is 0.0796. The van der Waals surface area contributed by atoms with Crippen LogP contribution in [-0.2, 0) is 48.2 Å². The van der Waals surface area contributed by atoms with Gasteiger partial charge in [-0.15, -0.1) is 0 Å². The van der Waals surface area contributed by atoms with Gasteiger partial charge in [0.1, 0.15) is 24.5 Å². The van der Waals surface area contributed by atoms with E-state index in [2.05, 4.69) is 56.7 Å².